The molecule has 3 nitrogen and oxygen atoms in total. The third-order valence-corrected chi connectivity index (χ3v) is 2.38. The molecular weight excluding hydrogens is 197 g/mol. The second kappa shape index (κ2) is 4.89. The molecular formula is C11H14FNO2. The van der Waals surface area contributed by atoms with Gasteiger partial charge in [0.05, 0.1) is 6.54 Å². The van der Waals surface area contributed by atoms with Crippen molar-refractivity contribution in [2.45, 2.75) is 13.0 Å². The molecule has 1 aromatic rings. The van der Waals surface area contributed by atoms with Gasteiger partial charge >= 0.3 is 5.97 Å². The van der Waals surface area contributed by atoms with E-state index in [0.717, 1.165) is 5.56 Å². The summed E-state index contributed by atoms with van der Waals surface area (Å²) in [7, 11) is 1.70. The number of carboxylic acid groups (broad SMARTS) is 1. The maximum Gasteiger partial charge on any atom is 0.317 e. The van der Waals surface area contributed by atoms with E-state index in [1.807, 2.05) is 6.92 Å². The van der Waals surface area contributed by atoms with Gasteiger partial charge in [-0.05, 0) is 31.7 Å². The predicted octanol–water partition coefficient (Wildman–Crippen LogP) is 1.90. The fraction of sp³-hybridized carbons (Fsp3) is 0.364. The number of rotatable bonds is 4. The molecule has 0 saturated carbocycles. The van der Waals surface area contributed by atoms with E-state index < -0.39 is 5.97 Å². The zero-order valence-corrected chi connectivity index (χ0v) is 8.77. The number of hydrogen-bond donors (Lipinski definition) is 1. The minimum absolute atomic E-state index is 0.0579. The van der Waals surface area contributed by atoms with Gasteiger partial charge in [-0.1, -0.05) is 12.1 Å². The molecule has 0 aliphatic heterocycles. The van der Waals surface area contributed by atoms with Gasteiger partial charge in [0.2, 0.25) is 0 Å². The normalized spacial score (nSPS) is 12.8. The van der Waals surface area contributed by atoms with Crippen molar-refractivity contribution in [2.75, 3.05) is 13.6 Å². The summed E-state index contributed by atoms with van der Waals surface area (Å²) in [6, 6.07) is 6.08. The Morgan fingerprint density at radius 1 is 1.60 bits per heavy atom. The molecule has 82 valence electrons. The van der Waals surface area contributed by atoms with Gasteiger partial charge in [-0.15, -0.1) is 0 Å². The second-order valence-electron chi connectivity index (χ2n) is 3.54. The Balaban J connectivity index is 2.75. The summed E-state index contributed by atoms with van der Waals surface area (Å²) in [6.45, 7) is 1.79. The van der Waals surface area contributed by atoms with Crippen molar-refractivity contribution in [3.05, 3.63) is 35.6 Å². The van der Waals surface area contributed by atoms with Gasteiger partial charge in [-0.3, -0.25) is 9.69 Å². The highest BCUT2D eigenvalue weighted by atomic mass is 19.1. The van der Waals surface area contributed by atoms with Gasteiger partial charge in [0.1, 0.15) is 5.82 Å². The molecule has 1 rings (SSSR count). The van der Waals surface area contributed by atoms with E-state index in [1.54, 1.807) is 24.1 Å². The summed E-state index contributed by atoms with van der Waals surface area (Å²) in [5.41, 5.74) is 0.777. The number of carbonyl (C=O) groups is 1. The zero-order valence-electron chi connectivity index (χ0n) is 8.77. The highest BCUT2D eigenvalue weighted by Crippen LogP contribution is 2.18. The number of halogens is 1. The molecule has 0 spiro atoms. The topological polar surface area (TPSA) is 40.5 Å². The first kappa shape index (κ1) is 11.7. The van der Waals surface area contributed by atoms with Gasteiger partial charge in [0, 0.05) is 6.04 Å². The first-order chi connectivity index (χ1) is 7.00. The molecule has 0 aliphatic rings. The average Bonchev–Trinajstić information content (AvgIpc) is 2.15. The first-order valence-electron chi connectivity index (χ1n) is 4.68. The Labute approximate surface area is 88.1 Å². The summed E-state index contributed by atoms with van der Waals surface area (Å²) < 4.78 is 12.9. The Morgan fingerprint density at radius 2 is 2.27 bits per heavy atom. The molecule has 15 heavy (non-hydrogen) atoms. The molecule has 0 aromatic heterocycles. The van der Waals surface area contributed by atoms with E-state index >= 15 is 0 Å². The van der Waals surface area contributed by atoms with Crippen molar-refractivity contribution in [3.8, 4) is 0 Å². The van der Waals surface area contributed by atoms with Crippen molar-refractivity contribution in [1.29, 1.82) is 0 Å². The van der Waals surface area contributed by atoms with E-state index in [9.17, 15) is 9.18 Å². The van der Waals surface area contributed by atoms with Gasteiger partial charge in [-0.2, -0.15) is 0 Å². The van der Waals surface area contributed by atoms with E-state index in [1.165, 1.54) is 12.1 Å². The third-order valence-electron chi connectivity index (χ3n) is 2.38. The minimum atomic E-state index is -0.888. The van der Waals surface area contributed by atoms with Gasteiger partial charge in [-0.25, -0.2) is 4.39 Å². The second-order valence-corrected chi connectivity index (χ2v) is 3.54. The van der Waals surface area contributed by atoms with Crippen LogP contribution in [0.4, 0.5) is 4.39 Å². The molecule has 1 unspecified atom stereocenters. The van der Waals surface area contributed by atoms with Crippen molar-refractivity contribution in [2.24, 2.45) is 0 Å². The number of aliphatic carboxylic acids is 1. The molecule has 1 N–H and O–H groups in total. The smallest absolute Gasteiger partial charge is 0.317 e. The van der Waals surface area contributed by atoms with Crippen LogP contribution in [0.2, 0.25) is 0 Å². The fourth-order valence-corrected chi connectivity index (χ4v) is 1.37. The number of benzene rings is 1. The number of hydrogen-bond acceptors (Lipinski definition) is 2. The van der Waals surface area contributed by atoms with Gasteiger partial charge in [0.15, 0.2) is 0 Å². The van der Waals surface area contributed by atoms with Crippen LogP contribution in [0.15, 0.2) is 24.3 Å². The van der Waals surface area contributed by atoms with Crippen LogP contribution in [0, 0.1) is 5.82 Å². The standard InChI is InChI=1S/C11H14FNO2/c1-8(13(2)7-11(14)15)9-4-3-5-10(12)6-9/h3-6,8H,7H2,1-2H3,(H,14,15). The van der Waals surface area contributed by atoms with E-state index in [2.05, 4.69) is 0 Å². The number of nitrogens with zero attached hydrogens (tertiary/aromatic N) is 1. The lowest BCUT2D eigenvalue weighted by atomic mass is 10.1. The van der Waals surface area contributed by atoms with E-state index in [-0.39, 0.29) is 18.4 Å². The number of likely N-dealkylation sites (N-methyl/N-ethyl adjacent to an activating group) is 1. The molecule has 1 aromatic carbocycles. The highest BCUT2D eigenvalue weighted by Gasteiger charge is 2.14. The molecule has 1 atom stereocenters. The molecule has 0 bridgehead atoms. The van der Waals surface area contributed by atoms with Crippen LogP contribution in [-0.2, 0) is 4.79 Å². The lowest BCUT2D eigenvalue weighted by Crippen LogP contribution is -2.28. The maximum absolute atomic E-state index is 12.9. The molecule has 0 saturated heterocycles. The lowest BCUT2D eigenvalue weighted by molar-refractivity contribution is -0.138. The van der Waals surface area contributed by atoms with Gasteiger partial charge < -0.3 is 5.11 Å². The largest absolute Gasteiger partial charge is 0.480 e. The molecule has 0 radical (unpaired) electrons. The first-order valence-corrected chi connectivity index (χ1v) is 4.68. The zero-order chi connectivity index (χ0) is 11.4. The van der Waals surface area contributed by atoms with Crippen molar-refractivity contribution >= 4 is 5.97 Å². The average molecular weight is 211 g/mol. The number of carboxylic acids is 1. The lowest BCUT2D eigenvalue weighted by Gasteiger charge is -2.23. The Kier molecular flexibility index (Phi) is 3.80. The Morgan fingerprint density at radius 3 is 2.80 bits per heavy atom. The van der Waals surface area contributed by atoms with Crippen LogP contribution in [0.3, 0.4) is 0 Å². The molecule has 0 aliphatic carbocycles. The summed E-state index contributed by atoms with van der Waals surface area (Å²) in [5.74, 6) is -1.19. The van der Waals surface area contributed by atoms with Crippen LogP contribution >= 0.6 is 0 Å². The molecule has 0 amide bonds. The van der Waals surface area contributed by atoms with Crippen LogP contribution < -0.4 is 0 Å². The van der Waals surface area contributed by atoms with E-state index in [4.69, 9.17) is 5.11 Å². The SMILES string of the molecule is CC(c1cccc(F)c1)N(C)CC(=O)O. The van der Waals surface area contributed by atoms with Crippen molar-refractivity contribution in [3.63, 3.8) is 0 Å². The summed E-state index contributed by atoms with van der Waals surface area (Å²) in [4.78, 5) is 12.1. The quantitative estimate of drug-likeness (QED) is 0.827. The third kappa shape index (κ3) is 3.32. The van der Waals surface area contributed by atoms with Crippen LogP contribution in [0.25, 0.3) is 0 Å². The van der Waals surface area contributed by atoms with Crippen molar-refractivity contribution < 1.29 is 14.3 Å². The van der Waals surface area contributed by atoms with Crippen molar-refractivity contribution in [1.82, 2.24) is 4.90 Å². The summed E-state index contributed by atoms with van der Waals surface area (Å²) in [6.07, 6.45) is 0. The van der Waals surface area contributed by atoms with Crippen LogP contribution in [0.5, 0.6) is 0 Å². The molecule has 0 fully saturated rings. The summed E-state index contributed by atoms with van der Waals surface area (Å²) >= 11 is 0. The Bertz CT molecular complexity index is 354. The monoisotopic (exact) mass is 211 g/mol. The fourth-order valence-electron chi connectivity index (χ4n) is 1.37. The van der Waals surface area contributed by atoms with E-state index in [0.29, 0.717) is 0 Å². The maximum atomic E-state index is 12.9. The van der Waals surface area contributed by atoms with Crippen LogP contribution in [0.1, 0.15) is 18.5 Å². The van der Waals surface area contributed by atoms with Crippen LogP contribution in [-0.4, -0.2) is 29.6 Å². The highest BCUT2D eigenvalue weighted by molar-refractivity contribution is 5.69. The molecule has 4 heteroatoms. The molecule has 0 heterocycles. The minimum Gasteiger partial charge on any atom is -0.480 e. The predicted molar refractivity (Wildman–Crippen MR) is 55.1 cm³/mol. The van der Waals surface area contributed by atoms with Gasteiger partial charge in [0.25, 0.3) is 0 Å². The summed E-state index contributed by atoms with van der Waals surface area (Å²) in [5, 5.41) is 8.62. The Hall–Kier alpha value is -1.42.